The summed E-state index contributed by atoms with van der Waals surface area (Å²) < 4.78 is 30.4. The molecule has 1 aromatic rings. The zero-order valence-corrected chi connectivity index (χ0v) is 7.50. The molecular formula is C9H7F2NO3. The van der Waals surface area contributed by atoms with Gasteiger partial charge in [0, 0.05) is 5.56 Å². The number of amides is 1. The van der Waals surface area contributed by atoms with E-state index in [1.165, 1.54) is 0 Å². The van der Waals surface area contributed by atoms with Crippen LogP contribution in [0.4, 0.5) is 13.6 Å². The quantitative estimate of drug-likeness (QED) is 0.774. The van der Waals surface area contributed by atoms with Gasteiger partial charge in [-0.05, 0) is 12.1 Å². The molecule has 0 unspecified atom stereocenters. The van der Waals surface area contributed by atoms with Crippen LogP contribution in [0.2, 0.25) is 0 Å². The largest absolute Gasteiger partial charge is 0.445 e. The van der Waals surface area contributed by atoms with Crippen molar-refractivity contribution in [3.8, 4) is 0 Å². The van der Waals surface area contributed by atoms with Crippen LogP contribution in [0, 0.1) is 11.6 Å². The molecule has 0 atom stereocenters. The number of carbonyl (C=O) groups excluding carboxylic acids is 2. The Bertz CT molecular complexity index is 407. The van der Waals surface area contributed by atoms with Gasteiger partial charge in [0.15, 0.2) is 6.29 Å². The molecule has 0 radical (unpaired) electrons. The van der Waals surface area contributed by atoms with Crippen molar-refractivity contribution in [3.63, 3.8) is 0 Å². The van der Waals surface area contributed by atoms with Crippen molar-refractivity contribution in [2.24, 2.45) is 5.73 Å². The molecule has 0 heterocycles. The summed E-state index contributed by atoms with van der Waals surface area (Å²) in [6, 6.07) is 1.98. The first-order chi connectivity index (χ1) is 7.06. The third-order valence-corrected chi connectivity index (χ3v) is 1.69. The van der Waals surface area contributed by atoms with Gasteiger partial charge in [0.1, 0.15) is 18.2 Å². The second kappa shape index (κ2) is 4.50. The molecule has 0 aromatic heterocycles. The molecule has 1 amide bonds. The zero-order valence-electron chi connectivity index (χ0n) is 7.50. The van der Waals surface area contributed by atoms with E-state index in [9.17, 15) is 18.4 Å². The fourth-order valence-corrected chi connectivity index (χ4v) is 0.983. The van der Waals surface area contributed by atoms with Crippen LogP contribution < -0.4 is 5.73 Å². The Hall–Kier alpha value is -1.98. The lowest BCUT2D eigenvalue weighted by molar-refractivity contribution is 0.111. The highest BCUT2D eigenvalue weighted by molar-refractivity contribution is 5.76. The highest BCUT2D eigenvalue weighted by atomic mass is 19.1. The Labute approximate surface area is 83.6 Å². The molecule has 0 aliphatic heterocycles. The topological polar surface area (TPSA) is 69.4 Å². The van der Waals surface area contributed by atoms with Gasteiger partial charge in [0.2, 0.25) is 0 Å². The van der Waals surface area contributed by atoms with Gasteiger partial charge in [-0.2, -0.15) is 0 Å². The van der Waals surface area contributed by atoms with E-state index in [2.05, 4.69) is 10.5 Å². The lowest BCUT2D eigenvalue weighted by Crippen LogP contribution is -2.13. The van der Waals surface area contributed by atoms with Gasteiger partial charge in [-0.25, -0.2) is 13.6 Å². The van der Waals surface area contributed by atoms with E-state index in [1.54, 1.807) is 0 Å². The molecule has 2 N–H and O–H groups in total. The van der Waals surface area contributed by atoms with Crippen molar-refractivity contribution in [2.75, 3.05) is 0 Å². The van der Waals surface area contributed by atoms with Gasteiger partial charge in [-0.15, -0.1) is 0 Å². The number of hydrogen-bond acceptors (Lipinski definition) is 3. The van der Waals surface area contributed by atoms with E-state index in [-0.39, 0.29) is 11.8 Å². The first-order valence-corrected chi connectivity index (χ1v) is 3.90. The Kier molecular flexibility index (Phi) is 3.33. The molecule has 80 valence electrons. The minimum Gasteiger partial charge on any atom is -0.445 e. The van der Waals surface area contributed by atoms with E-state index in [0.717, 1.165) is 12.1 Å². The van der Waals surface area contributed by atoms with Crippen molar-refractivity contribution in [2.45, 2.75) is 6.61 Å². The van der Waals surface area contributed by atoms with Crippen LogP contribution in [0.3, 0.4) is 0 Å². The van der Waals surface area contributed by atoms with Gasteiger partial charge in [0.05, 0.1) is 5.56 Å². The lowest BCUT2D eigenvalue weighted by Gasteiger charge is -2.05. The third-order valence-electron chi connectivity index (χ3n) is 1.69. The molecule has 0 spiro atoms. The molecule has 0 bridgehead atoms. The number of rotatable bonds is 3. The average Bonchev–Trinajstić information content (AvgIpc) is 2.17. The maximum absolute atomic E-state index is 13.3. The van der Waals surface area contributed by atoms with E-state index >= 15 is 0 Å². The molecular weight excluding hydrogens is 208 g/mol. The van der Waals surface area contributed by atoms with E-state index in [0.29, 0.717) is 0 Å². The summed E-state index contributed by atoms with van der Waals surface area (Å²) in [5.41, 5.74) is 3.86. The second-order valence-corrected chi connectivity index (χ2v) is 2.66. The Morgan fingerprint density at radius 1 is 1.47 bits per heavy atom. The van der Waals surface area contributed by atoms with Gasteiger partial charge >= 0.3 is 6.09 Å². The fraction of sp³-hybridized carbons (Fsp3) is 0.111. The molecule has 0 aliphatic carbocycles. The number of aldehydes is 1. The maximum Gasteiger partial charge on any atom is 0.404 e. The van der Waals surface area contributed by atoms with Crippen molar-refractivity contribution in [1.82, 2.24) is 0 Å². The number of hydrogen-bond donors (Lipinski definition) is 1. The van der Waals surface area contributed by atoms with Crippen LogP contribution in [0.25, 0.3) is 0 Å². The minimum absolute atomic E-state index is 0.0540. The number of nitrogens with two attached hydrogens (primary N) is 1. The van der Waals surface area contributed by atoms with Crippen molar-refractivity contribution in [3.05, 3.63) is 34.9 Å². The number of benzene rings is 1. The predicted molar refractivity (Wildman–Crippen MR) is 46.1 cm³/mol. The van der Waals surface area contributed by atoms with E-state index in [4.69, 9.17) is 0 Å². The molecule has 6 heteroatoms. The van der Waals surface area contributed by atoms with Crippen molar-refractivity contribution >= 4 is 12.4 Å². The average molecular weight is 215 g/mol. The van der Waals surface area contributed by atoms with Gasteiger partial charge in [-0.3, -0.25) is 4.79 Å². The lowest BCUT2D eigenvalue weighted by atomic mass is 10.1. The highest BCUT2D eigenvalue weighted by Gasteiger charge is 2.13. The van der Waals surface area contributed by atoms with Gasteiger partial charge in [0.25, 0.3) is 0 Å². The molecule has 0 aliphatic rings. The molecule has 1 rings (SSSR count). The number of halogens is 2. The molecule has 1 aromatic carbocycles. The SMILES string of the molecule is NC(=O)OCc1ccc(F)c(C=O)c1F. The molecule has 0 fully saturated rings. The first kappa shape index (κ1) is 11.1. The Balaban J connectivity index is 2.99. The monoisotopic (exact) mass is 215 g/mol. The Morgan fingerprint density at radius 3 is 2.67 bits per heavy atom. The standard InChI is InChI=1S/C9H7F2NO3/c10-7-2-1-5(4-15-9(12)14)8(11)6(7)3-13/h1-3H,4H2,(H2,12,14). The number of ether oxygens (including phenoxy) is 1. The summed E-state index contributed by atoms with van der Waals surface area (Å²) in [5, 5.41) is 0. The predicted octanol–water partition coefficient (Wildman–Crippen LogP) is 1.37. The summed E-state index contributed by atoms with van der Waals surface area (Å²) in [6.07, 6.45) is -1.02. The van der Waals surface area contributed by atoms with Gasteiger partial charge in [-0.1, -0.05) is 0 Å². The van der Waals surface area contributed by atoms with Crippen LogP contribution in [-0.2, 0) is 11.3 Å². The summed E-state index contributed by atoms with van der Waals surface area (Å²) in [5.74, 6) is -2.02. The zero-order chi connectivity index (χ0) is 11.4. The summed E-state index contributed by atoms with van der Waals surface area (Å²) >= 11 is 0. The summed E-state index contributed by atoms with van der Waals surface area (Å²) in [7, 11) is 0. The second-order valence-electron chi connectivity index (χ2n) is 2.66. The molecule has 4 nitrogen and oxygen atoms in total. The smallest absolute Gasteiger partial charge is 0.404 e. The fourth-order valence-electron chi connectivity index (χ4n) is 0.983. The summed E-state index contributed by atoms with van der Waals surface area (Å²) in [6.45, 7) is -0.442. The molecule has 0 saturated heterocycles. The molecule has 15 heavy (non-hydrogen) atoms. The van der Waals surface area contributed by atoms with Crippen LogP contribution in [0.15, 0.2) is 12.1 Å². The van der Waals surface area contributed by atoms with Crippen LogP contribution in [0.5, 0.6) is 0 Å². The summed E-state index contributed by atoms with van der Waals surface area (Å²) in [4.78, 5) is 20.6. The first-order valence-electron chi connectivity index (χ1n) is 3.90. The molecule has 0 saturated carbocycles. The van der Waals surface area contributed by atoms with Crippen LogP contribution >= 0.6 is 0 Å². The number of primary amides is 1. The highest BCUT2D eigenvalue weighted by Crippen LogP contribution is 2.15. The maximum atomic E-state index is 13.3. The third kappa shape index (κ3) is 2.49. The van der Waals surface area contributed by atoms with Crippen LogP contribution in [0.1, 0.15) is 15.9 Å². The van der Waals surface area contributed by atoms with Crippen molar-refractivity contribution in [1.29, 1.82) is 0 Å². The normalized spacial score (nSPS) is 9.73. The van der Waals surface area contributed by atoms with Crippen LogP contribution in [-0.4, -0.2) is 12.4 Å². The van der Waals surface area contributed by atoms with Gasteiger partial charge < -0.3 is 10.5 Å². The van der Waals surface area contributed by atoms with Crippen molar-refractivity contribution < 1.29 is 23.1 Å². The Morgan fingerprint density at radius 2 is 2.13 bits per heavy atom. The minimum atomic E-state index is -1.08. The van der Waals surface area contributed by atoms with E-state index < -0.39 is 29.9 Å². The number of carbonyl (C=O) groups is 2. The van der Waals surface area contributed by atoms with E-state index in [1.807, 2.05) is 0 Å².